The summed E-state index contributed by atoms with van der Waals surface area (Å²) in [7, 11) is 0. The third kappa shape index (κ3) is 8.73. The summed E-state index contributed by atoms with van der Waals surface area (Å²) >= 11 is 0. The molecule has 0 nitrogen and oxygen atoms in total. The topological polar surface area (TPSA) is 0 Å². The first kappa shape index (κ1) is 26.2. The zero-order valence-electron chi connectivity index (χ0n) is 20.9. The molecule has 3 aromatic rings. The lowest BCUT2D eigenvalue weighted by Crippen LogP contribution is -1.92. The number of hydrogen-bond donors (Lipinski definition) is 0. The van der Waals surface area contributed by atoms with Gasteiger partial charge in [0.25, 0.3) is 0 Å². The Morgan fingerprint density at radius 3 is 1.46 bits per heavy atom. The van der Waals surface area contributed by atoms with Crippen molar-refractivity contribution in [3.05, 3.63) is 106 Å². The van der Waals surface area contributed by atoms with E-state index in [1.807, 2.05) is 36.4 Å². The Hall–Kier alpha value is -3.36. The minimum absolute atomic E-state index is 0.0322. The molecule has 180 valence electrons. The molecule has 0 unspecified atom stereocenters. The molecule has 0 amide bonds. The van der Waals surface area contributed by atoms with Crippen molar-refractivity contribution in [3.8, 4) is 23.7 Å². The highest BCUT2D eigenvalue weighted by molar-refractivity contribution is 5.49. The van der Waals surface area contributed by atoms with Gasteiger partial charge < -0.3 is 0 Å². The lowest BCUT2D eigenvalue weighted by molar-refractivity contribution is 0.594. The second-order valence-corrected chi connectivity index (χ2v) is 8.97. The van der Waals surface area contributed by atoms with E-state index in [2.05, 4.69) is 49.7 Å². The molecular weight excluding hydrogens is 434 g/mol. The fourth-order valence-corrected chi connectivity index (χ4v) is 3.93. The first-order valence-corrected chi connectivity index (χ1v) is 12.8. The van der Waals surface area contributed by atoms with Gasteiger partial charge in [-0.15, -0.1) is 0 Å². The Bertz CT molecular complexity index is 1200. The maximum atomic E-state index is 14.6. The zero-order valence-corrected chi connectivity index (χ0v) is 20.9. The highest BCUT2D eigenvalue weighted by Gasteiger charge is 2.07. The molecule has 0 bridgehead atoms. The molecule has 0 N–H and O–H groups in total. The van der Waals surface area contributed by atoms with Gasteiger partial charge in [-0.25, -0.2) is 8.78 Å². The van der Waals surface area contributed by atoms with Gasteiger partial charge in [-0.1, -0.05) is 100 Å². The first-order valence-electron chi connectivity index (χ1n) is 12.8. The van der Waals surface area contributed by atoms with Crippen molar-refractivity contribution < 1.29 is 8.78 Å². The van der Waals surface area contributed by atoms with E-state index in [0.717, 1.165) is 42.5 Å². The summed E-state index contributed by atoms with van der Waals surface area (Å²) in [5.74, 6) is 10.2. The van der Waals surface area contributed by atoms with Crippen molar-refractivity contribution >= 4 is 0 Å². The molecular formula is C33H34F2. The van der Waals surface area contributed by atoms with E-state index in [4.69, 9.17) is 0 Å². The maximum Gasteiger partial charge on any atom is 0.140 e. The van der Waals surface area contributed by atoms with Gasteiger partial charge >= 0.3 is 0 Å². The summed E-state index contributed by atoms with van der Waals surface area (Å²) in [6, 6.07) is 18.1. The third-order valence-corrected chi connectivity index (χ3v) is 6.01. The Labute approximate surface area is 209 Å². The summed E-state index contributed by atoms with van der Waals surface area (Å²) < 4.78 is 29.1. The standard InChI is InChI=1S/C33H34F2/c1-3-5-6-7-8-9-11-27-14-18-29(19-15-27)21-23-31-25-32(34)30(24-33(31)35)22-20-28-16-12-26(10-4-2)13-17-28/h12-19,24-25H,3-11H2,1-2H3. The van der Waals surface area contributed by atoms with Gasteiger partial charge in [0.15, 0.2) is 0 Å². The van der Waals surface area contributed by atoms with E-state index in [1.165, 1.54) is 49.7 Å². The molecule has 0 aliphatic rings. The van der Waals surface area contributed by atoms with E-state index in [1.54, 1.807) is 0 Å². The Balaban J connectivity index is 1.61. The summed E-state index contributed by atoms with van der Waals surface area (Å²) in [5, 5.41) is 0. The molecule has 3 aromatic carbocycles. The number of hydrogen-bond acceptors (Lipinski definition) is 0. The quantitative estimate of drug-likeness (QED) is 0.218. The molecule has 0 heterocycles. The van der Waals surface area contributed by atoms with Gasteiger partial charge in [-0.3, -0.25) is 0 Å². The molecule has 2 heteroatoms. The van der Waals surface area contributed by atoms with E-state index in [9.17, 15) is 8.78 Å². The maximum absolute atomic E-state index is 14.6. The lowest BCUT2D eigenvalue weighted by atomic mass is 10.0. The first-order chi connectivity index (χ1) is 17.1. The van der Waals surface area contributed by atoms with Crippen molar-refractivity contribution in [1.82, 2.24) is 0 Å². The van der Waals surface area contributed by atoms with Crippen LogP contribution in [0.4, 0.5) is 8.78 Å². The molecule has 0 saturated carbocycles. The molecule has 0 aliphatic heterocycles. The molecule has 3 rings (SSSR count). The second kappa shape index (κ2) is 14.1. The second-order valence-electron chi connectivity index (χ2n) is 8.97. The SMILES string of the molecule is CCCCCCCCc1ccc(C#Cc2cc(F)c(C#Cc3ccc(CCC)cc3)cc2F)cc1. The van der Waals surface area contributed by atoms with Crippen LogP contribution in [0.25, 0.3) is 0 Å². The molecule has 0 atom stereocenters. The third-order valence-electron chi connectivity index (χ3n) is 6.01. The summed E-state index contributed by atoms with van der Waals surface area (Å²) in [4.78, 5) is 0. The van der Waals surface area contributed by atoms with Crippen LogP contribution in [0.3, 0.4) is 0 Å². The zero-order chi connectivity index (χ0) is 24.9. The molecule has 0 fully saturated rings. The van der Waals surface area contributed by atoms with Crippen LogP contribution < -0.4 is 0 Å². The Kier molecular flexibility index (Phi) is 10.6. The Morgan fingerprint density at radius 1 is 0.514 bits per heavy atom. The number of unbranched alkanes of at least 4 members (excludes halogenated alkanes) is 5. The van der Waals surface area contributed by atoms with E-state index in [0.29, 0.717) is 0 Å². The van der Waals surface area contributed by atoms with Gasteiger partial charge in [-0.2, -0.15) is 0 Å². The van der Waals surface area contributed by atoms with Gasteiger partial charge in [0.05, 0.1) is 11.1 Å². The van der Waals surface area contributed by atoms with Crippen LogP contribution in [0.2, 0.25) is 0 Å². The normalized spacial score (nSPS) is 10.3. The van der Waals surface area contributed by atoms with Crippen molar-refractivity contribution in [3.63, 3.8) is 0 Å². The molecule has 35 heavy (non-hydrogen) atoms. The van der Waals surface area contributed by atoms with Crippen molar-refractivity contribution in [1.29, 1.82) is 0 Å². The summed E-state index contributed by atoms with van der Waals surface area (Å²) in [6.45, 7) is 4.36. The average molecular weight is 469 g/mol. The van der Waals surface area contributed by atoms with Crippen LogP contribution in [0.15, 0.2) is 60.7 Å². The van der Waals surface area contributed by atoms with E-state index < -0.39 is 11.6 Å². The van der Waals surface area contributed by atoms with Crippen LogP contribution in [0.1, 0.15) is 92.2 Å². The summed E-state index contributed by atoms with van der Waals surface area (Å²) in [5.41, 5.74) is 4.15. The van der Waals surface area contributed by atoms with Crippen molar-refractivity contribution in [2.24, 2.45) is 0 Å². The van der Waals surface area contributed by atoms with Gasteiger partial charge in [0.1, 0.15) is 11.6 Å². The largest absolute Gasteiger partial charge is 0.206 e. The smallest absolute Gasteiger partial charge is 0.140 e. The molecule has 0 aromatic heterocycles. The minimum atomic E-state index is -0.569. The number of halogens is 2. The van der Waals surface area contributed by atoms with Crippen LogP contribution in [-0.2, 0) is 12.8 Å². The average Bonchev–Trinajstić information content (AvgIpc) is 2.87. The number of aryl methyl sites for hydroxylation is 2. The van der Waals surface area contributed by atoms with Crippen LogP contribution in [-0.4, -0.2) is 0 Å². The number of rotatable bonds is 9. The lowest BCUT2D eigenvalue weighted by Gasteiger charge is -2.02. The molecule has 0 aliphatic carbocycles. The Morgan fingerprint density at radius 2 is 0.971 bits per heavy atom. The predicted molar refractivity (Wildman–Crippen MR) is 142 cm³/mol. The predicted octanol–water partition coefficient (Wildman–Crippen LogP) is 8.62. The highest BCUT2D eigenvalue weighted by atomic mass is 19.1. The van der Waals surface area contributed by atoms with Gasteiger partial charge in [0.2, 0.25) is 0 Å². The van der Waals surface area contributed by atoms with E-state index in [-0.39, 0.29) is 11.1 Å². The number of benzene rings is 3. The molecule has 0 radical (unpaired) electrons. The van der Waals surface area contributed by atoms with Crippen LogP contribution >= 0.6 is 0 Å². The van der Waals surface area contributed by atoms with Gasteiger partial charge in [0, 0.05) is 11.1 Å². The van der Waals surface area contributed by atoms with E-state index >= 15 is 0 Å². The fraction of sp³-hybridized carbons (Fsp3) is 0.333. The highest BCUT2D eigenvalue weighted by Crippen LogP contribution is 2.15. The molecule has 0 saturated heterocycles. The summed E-state index contributed by atoms with van der Waals surface area (Å²) in [6.07, 6.45) is 10.8. The molecule has 0 spiro atoms. The monoisotopic (exact) mass is 468 g/mol. The van der Waals surface area contributed by atoms with Gasteiger partial charge in [-0.05, 0) is 66.8 Å². The minimum Gasteiger partial charge on any atom is -0.206 e. The van der Waals surface area contributed by atoms with Crippen LogP contribution in [0, 0.1) is 35.3 Å². The van der Waals surface area contributed by atoms with Crippen molar-refractivity contribution in [2.75, 3.05) is 0 Å². The van der Waals surface area contributed by atoms with Crippen LogP contribution in [0.5, 0.6) is 0 Å². The van der Waals surface area contributed by atoms with Crippen molar-refractivity contribution in [2.45, 2.75) is 71.6 Å². The fourth-order valence-electron chi connectivity index (χ4n) is 3.93.